The number of carboxylic acids is 2. The van der Waals surface area contributed by atoms with Gasteiger partial charge in [0.2, 0.25) is 0 Å². The fourth-order valence-electron chi connectivity index (χ4n) is 5.01. The summed E-state index contributed by atoms with van der Waals surface area (Å²) in [4.78, 5) is 25.4. The Morgan fingerprint density at radius 1 is 1.15 bits per heavy atom. The first-order valence-electron chi connectivity index (χ1n) is 12.8. The van der Waals surface area contributed by atoms with Gasteiger partial charge in [0, 0.05) is 38.8 Å². The number of carbonyl (C=O) groups is 2. The minimum atomic E-state index is -1.82. The number of nitrogens with zero attached hydrogens (tertiary/aromatic N) is 1. The molecule has 1 saturated heterocycles. The number of rotatable bonds is 7. The van der Waals surface area contributed by atoms with Gasteiger partial charge in [0.1, 0.15) is 24.2 Å². The molecule has 0 unspecified atom stereocenters. The number of β-amino-alcohol motifs (C(OH)–C–C–N with tert-alkyl or cyclic N) is 1. The molecule has 5 rings (SSSR count). The van der Waals surface area contributed by atoms with Gasteiger partial charge in [0.05, 0.1) is 7.11 Å². The highest BCUT2D eigenvalue weighted by molar-refractivity contribution is 7.19. The molecule has 0 aliphatic carbocycles. The molecule has 2 aromatic carbocycles. The van der Waals surface area contributed by atoms with Crippen molar-refractivity contribution in [3.63, 3.8) is 0 Å². The second kappa shape index (κ2) is 12.5. The number of aliphatic carboxylic acids is 2. The summed E-state index contributed by atoms with van der Waals surface area (Å²) in [5, 5.41) is 27.8. The van der Waals surface area contributed by atoms with Crippen molar-refractivity contribution >= 4 is 44.3 Å². The lowest BCUT2D eigenvalue weighted by Gasteiger charge is -2.38. The van der Waals surface area contributed by atoms with Crippen molar-refractivity contribution in [1.82, 2.24) is 9.88 Å². The zero-order chi connectivity index (χ0) is 28.1. The molecule has 208 valence electrons. The van der Waals surface area contributed by atoms with Gasteiger partial charge in [0.15, 0.2) is 0 Å². The molecule has 1 fully saturated rings. The Balaban J connectivity index is 0.000000531. The topological polar surface area (TPSA) is 132 Å². The lowest BCUT2D eigenvalue weighted by molar-refractivity contribution is -0.159. The highest BCUT2D eigenvalue weighted by Crippen LogP contribution is 2.39. The highest BCUT2D eigenvalue weighted by Gasteiger charge is 2.29. The molecule has 0 radical (unpaired) electrons. The molecule has 0 spiro atoms. The number of aryl methyl sites for hydroxylation is 1. The third-order valence-electron chi connectivity index (χ3n) is 6.98. The molecule has 3 heterocycles. The van der Waals surface area contributed by atoms with Crippen molar-refractivity contribution in [3.8, 4) is 11.5 Å². The van der Waals surface area contributed by atoms with Crippen LogP contribution in [0.25, 0.3) is 21.0 Å². The summed E-state index contributed by atoms with van der Waals surface area (Å²) in [6.07, 6.45) is 1.71. The van der Waals surface area contributed by atoms with E-state index in [9.17, 15) is 5.11 Å². The lowest BCUT2D eigenvalue weighted by Crippen LogP contribution is -2.45. The molecule has 0 bridgehead atoms. The Morgan fingerprint density at radius 2 is 1.92 bits per heavy atom. The number of piperidine rings is 1. The number of aliphatic hydroxyl groups is 1. The molecule has 9 nitrogen and oxygen atoms in total. The van der Waals surface area contributed by atoms with Gasteiger partial charge in [0.25, 0.3) is 0 Å². The van der Waals surface area contributed by atoms with Crippen LogP contribution in [-0.4, -0.2) is 76.1 Å². The second-order valence-electron chi connectivity index (χ2n) is 9.86. The molecule has 1 aliphatic rings. The van der Waals surface area contributed by atoms with Gasteiger partial charge in [-0.25, -0.2) is 9.59 Å². The zero-order valence-corrected chi connectivity index (χ0v) is 23.0. The maximum atomic E-state index is 10.7. The molecule has 0 amide bonds. The van der Waals surface area contributed by atoms with E-state index in [1.807, 2.05) is 42.5 Å². The summed E-state index contributed by atoms with van der Waals surface area (Å²) in [5.74, 6) is -1.34. The number of hydrogen-bond acceptors (Lipinski definition) is 7. The summed E-state index contributed by atoms with van der Waals surface area (Å²) in [7, 11) is 1.72. The van der Waals surface area contributed by atoms with Crippen LogP contribution in [0.2, 0.25) is 0 Å². The third kappa shape index (κ3) is 7.08. The van der Waals surface area contributed by atoms with Gasteiger partial charge in [-0.3, -0.25) is 4.90 Å². The van der Waals surface area contributed by atoms with Crippen LogP contribution in [0.3, 0.4) is 0 Å². The van der Waals surface area contributed by atoms with Crippen LogP contribution in [0.4, 0.5) is 0 Å². The summed E-state index contributed by atoms with van der Waals surface area (Å²) in [6.45, 7) is 6.25. The predicted molar refractivity (Wildman–Crippen MR) is 151 cm³/mol. The molecule has 4 N–H and O–H groups in total. The number of H-pyrrole nitrogens is 1. The Kier molecular flexibility index (Phi) is 9.11. The number of hydrogen-bond donors (Lipinski definition) is 4. The van der Waals surface area contributed by atoms with Crippen molar-refractivity contribution in [2.75, 3.05) is 26.8 Å². The van der Waals surface area contributed by atoms with E-state index < -0.39 is 18.0 Å². The molecule has 4 aromatic rings. The molecular weight excluding hydrogens is 520 g/mol. The normalized spacial score (nSPS) is 18.4. The SMILES string of the molecule is COc1ccc2cc([C@H]3CCN(C[C@H](O)COc4cccc5[nH]c(C)cc45)[C@@H](C)C3)sc2c1.O=C(O)C(=O)O. The van der Waals surface area contributed by atoms with Crippen molar-refractivity contribution in [3.05, 3.63) is 59.1 Å². The Bertz CT molecular complexity index is 1430. The van der Waals surface area contributed by atoms with Crippen molar-refractivity contribution in [1.29, 1.82) is 0 Å². The standard InChI is InChI=1S/C27H32N2O3S.C2H2O4/c1-17-11-23-24(28-17)5-4-6-25(23)32-16-21(30)15-29-10-9-20(12-18(29)2)26-13-19-7-8-22(31-3)14-27(19)33-26;3-1(4)2(5)6/h4-8,11,13-14,18,20-21,28,30H,9-10,12,15-16H2,1-3H3;(H,3,4)(H,5,6)/t18-,20-,21-;/m0./s1. The van der Waals surface area contributed by atoms with E-state index in [1.54, 1.807) is 7.11 Å². The molecule has 0 saturated carbocycles. The first-order chi connectivity index (χ1) is 18.6. The van der Waals surface area contributed by atoms with E-state index >= 15 is 0 Å². The van der Waals surface area contributed by atoms with Gasteiger partial charge in [-0.2, -0.15) is 0 Å². The number of nitrogens with one attached hydrogen (secondary N) is 1. The summed E-state index contributed by atoms with van der Waals surface area (Å²) >= 11 is 1.89. The van der Waals surface area contributed by atoms with Gasteiger partial charge in [-0.05, 0) is 87.0 Å². The van der Waals surface area contributed by atoms with Gasteiger partial charge in [-0.15, -0.1) is 11.3 Å². The molecule has 3 atom stereocenters. The van der Waals surface area contributed by atoms with Gasteiger partial charge in [-0.1, -0.05) is 6.07 Å². The molecule has 39 heavy (non-hydrogen) atoms. The Hall–Kier alpha value is -3.60. The smallest absolute Gasteiger partial charge is 0.414 e. The number of carboxylic acid groups (broad SMARTS) is 2. The van der Waals surface area contributed by atoms with Gasteiger partial charge < -0.3 is 29.8 Å². The van der Waals surface area contributed by atoms with Crippen LogP contribution < -0.4 is 9.47 Å². The number of likely N-dealkylation sites (tertiary alicyclic amines) is 1. The van der Waals surface area contributed by atoms with Crippen LogP contribution in [0.1, 0.15) is 36.3 Å². The summed E-state index contributed by atoms with van der Waals surface area (Å²) in [6, 6.07) is 17.2. The fraction of sp³-hybridized carbons (Fsp3) is 0.379. The van der Waals surface area contributed by atoms with Crippen LogP contribution in [-0.2, 0) is 9.59 Å². The maximum Gasteiger partial charge on any atom is 0.414 e. The number of thiophene rings is 1. The predicted octanol–water partition coefficient (Wildman–Crippen LogP) is 4.86. The van der Waals surface area contributed by atoms with E-state index in [0.29, 0.717) is 25.1 Å². The van der Waals surface area contributed by atoms with Crippen LogP contribution in [0.15, 0.2) is 48.5 Å². The van der Waals surface area contributed by atoms with Crippen molar-refractivity contribution < 1.29 is 34.4 Å². The Morgan fingerprint density at radius 3 is 2.62 bits per heavy atom. The number of aromatic nitrogens is 1. The first kappa shape index (κ1) is 28.4. The zero-order valence-electron chi connectivity index (χ0n) is 22.2. The average molecular weight is 555 g/mol. The summed E-state index contributed by atoms with van der Waals surface area (Å²) < 4.78 is 12.7. The summed E-state index contributed by atoms with van der Waals surface area (Å²) in [5.41, 5.74) is 2.17. The molecule has 1 aliphatic heterocycles. The lowest BCUT2D eigenvalue weighted by atomic mass is 9.90. The minimum absolute atomic E-state index is 0.300. The van der Waals surface area contributed by atoms with Crippen molar-refractivity contribution in [2.24, 2.45) is 0 Å². The maximum absolute atomic E-state index is 10.7. The van der Waals surface area contributed by atoms with E-state index in [0.717, 1.165) is 47.5 Å². The number of fused-ring (bicyclic) bond motifs is 2. The molecular formula is C29H34N2O7S. The average Bonchev–Trinajstić information content (AvgIpc) is 3.51. The molecule has 2 aromatic heterocycles. The number of aromatic amines is 1. The van der Waals surface area contributed by atoms with Crippen LogP contribution in [0.5, 0.6) is 11.5 Å². The van der Waals surface area contributed by atoms with Gasteiger partial charge >= 0.3 is 11.9 Å². The van der Waals surface area contributed by atoms with E-state index in [4.69, 9.17) is 29.3 Å². The van der Waals surface area contributed by atoms with Crippen LogP contribution >= 0.6 is 11.3 Å². The van der Waals surface area contributed by atoms with Crippen LogP contribution in [0, 0.1) is 6.92 Å². The largest absolute Gasteiger partial charge is 0.497 e. The van der Waals surface area contributed by atoms with E-state index in [1.165, 1.54) is 15.0 Å². The number of benzene rings is 2. The quantitative estimate of drug-likeness (QED) is 0.238. The number of ether oxygens (including phenoxy) is 2. The minimum Gasteiger partial charge on any atom is -0.497 e. The van der Waals surface area contributed by atoms with Crippen molar-refractivity contribution in [2.45, 2.75) is 44.8 Å². The fourth-order valence-corrected chi connectivity index (χ4v) is 6.25. The molecule has 10 heteroatoms. The highest BCUT2D eigenvalue weighted by atomic mass is 32.1. The first-order valence-corrected chi connectivity index (χ1v) is 13.6. The monoisotopic (exact) mass is 554 g/mol. The Labute approximate surface area is 230 Å². The second-order valence-corrected chi connectivity index (χ2v) is 11.0. The van der Waals surface area contributed by atoms with E-state index in [2.05, 4.69) is 41.1 Å². The number of methoxy groups -OCH3 is 1. The number of aliphatic hydroxyl groups excluding tert-OH is 1. The third-order valence-corrected chi connectivity index (χ3v) is 8.24. The van der Waals surface area contributed by atoms with E-state index in [-0.39, 0.29) is 0 Å².